The van der Waals surface area contributed by atoms with Crippen molar-refractivity contribution in [3.05, 3.63) is 28.8 Å². The fraction of sp³-hybridized carbons (Fsp3) is 0.600. The molecule has 6 heteroatoms. The number of rotatable bonds is 6. The number of likely N-dealkylation sites (tertiary alicyclic amines) is 1. The zero-order valence-electron chi connectivity index (χ0n) is 15.9. The van der Waals surface area contributed by atoms with Crippen LogP contribution in [0.25, 0.3) is 0 Å². The molecule has 1 aliphatic rings. The van der Waals surface area contributed by atoms with Crippen molar-refractivity contribution in [1.29, 1.82) is 0 Å². The van der Waals surface area contributed by atoms with Crippen molar-refractivity contribution < 1.29 is 14.5 Å². The van der Waals surface area contributed by atoms with Crippen LogP contribution in [0.3, 0.4) is 0 Å². The van der Waals surface area contributed by atoms with Crippen molar-refractivity contribution in [2.45, 2.75) is 46.0 Å². The second-order valence-corrected chi connectivity index (χ2v) is 7.55. The van der Waals surface area contributed by atoms with Gasteiger partial charge in [-0.2, -0.15) is 0 Å². The molecular weight excluding hydrogens is 350 g/mol. The van der Waals surface area contributed by atoms with Crippen LogP contribution in [0, 0.1) is 6.92 Å². The maximum atomic E-state index is 12.6. The van der Waals surface area contributed by atoms with E-state index in [1.807, 2.05) is 24.8 Å². The molecule has 1 unspecified atom stereocenters. The summed E-state index contributed by atoms with van der Waals surface area (Å²) in [5, 5.41) is 3.51. The predicted molar refractivity (Wildman–Crippen MR) is 106 cm³/mol. The minimum absolute atomic E-state index is 0.0901. The summed E-state index contributed by atoms with van der Waals surface area (Å²) in [6, 6.07) is 5.44. The van der Waals surface area contributed by atoms with Crippen molar-refractivity contribution in [2.24, 2.45) is 0 Å². The van der Waals surface area contributed by atoms with E-state index >= 15 is 0 Å². The van der Waals surface area contributed by atoms with Crippen LogP contribution < -0.4 is 10.2 Å². The molecule has 2 N–H and O–H groups in total. The van der Waals surface area contributed by atoms with Gasteiger partial charge in [0.1, 0.15) is 0 Å². The highest BCUT2D eigenvalue weighted by molar-refractivity contribution is 6.31. The third-order valence-corrected chi connectivity index (χ3v) is 5.23. The third-order valence-electron chi connectivity index (χ3n) is 4.99. The third kappa shape index (κ3) is 6.61. The monoisotopic (exact) mass is 380 g/mol. The van der Waals surface area contributed by atoms with Gasteiger partial charge in [-0.3, -0.25) is 9.59 Å². The first-order valence-electron chi connectivity index (χ1n) is 9.67. The second kappa shape index (κ2) is 10.5. The van der Waals surface area contributed by atoms with Crippen LogP contribution in [-0.2, 0) is 9.59 Å². The Labute approximate surface area is 161 Å². The van der Waals surface area contributed by atoms with Gasteiger partial charge in [0.2, 0.25) is 0 Å². The lowest BCUT2D eigenvalue weighted by molar-refractivity contribution is -0.882. The average molecular weight is 381 g/mol. The molecule has 0 saturated carbocycles. The average Bonchev–Trinajstić information content (AvgIpc) is 2.57. The fourth-order valence-corrected chi connectivity index (χ4v) is 3.46. The SMILES string of the molecule is CC[NH+](CC(=O)Nc1cc(Cl)ccc1C)CC(=O)N1CCCCCCC1. The number of quaternary nitrogens is 1. The topological polar surface area (TPSA) is 53.9 Å². The van der Waals surface area contributed by atoms with Gasteiger partial charge >= 0.3 is 0 Å². The van der Waals surface area contributed by atoms with E-state index in [0.717, 1.165) is 48.6 Å². The molecule has 0 aromatic heterocycles. The molecule has 1 aromatic rings. The van der Waals surface area contributed by atoms with Gasteiger partial charge in [0.05, 0.1) is 6.54 Å². The van der Waals surface area contributed by atoms with E-state index in [1.54, 1.807) is 12.1 Å². The van der Waals surface area contributed by atoms with Crippen LogP contribution >= 0.6 is 11.6 Å². The molecule has 1 heterocycles. The predicted octanol–water partition coefficient (Wildman–Crippen LogP) is 2.28. The number of hydrogen-bond acceptors (Lipinski definition) is 2. The summed E-state index contributed by atoms with van der Waals surface area (Å²) in [6.45, 7) is 7.03. The van der Waals surface area contributed by atoms with Gasteiger partial charge in [-0.1, -0.05) is 36.9 Å². The van der Waals surface area contributed by atoms with Crippen molar-refractivity contribution in [3.63, 3.8) is 0 Å². The fourth-order valence-electron chi connectivity index (χ4n) is 3.29. The lowest BCUT2D eigenvalue weighted by atomic mass is 10.1. The van der Waals surface area contributed by atoms with Crippen LogP contribution in [0.4, 0.5) is 5.69 Å². The van der Waals surface area contributed by atoms with Crippen molar-refractivity contribution in [2.75, 3.05) is 38.0 Å². The van der Waals surface area contributed by atoms with Gasteiger partial charge in [0, 0.05) is 23.8 Å². The van der Waals surface area contributed by atoms with E-state index in [1.165, 1.54) is 19.3 Å². The Morgan fingerprint density at radius 1 is 1.12 bits per heavy atom. The number of halogens is 1. The minimum Gasteiger partial charge on any atom is -0.338 e. The van der Waals surface area contributed by atoms with Crippen LogP contribution in [0.2, 0.25) is 5.02 Å². The lowest BCUT2D eigenvalue weighted by Crippen LogP contribution is -3.14. The van der Waals surface area contributed by atoms with Crippen molar-refractivity contribution in [1.82, 2.24) is 4.90 Å². The Hall–Kier alpha value is -1.59. The van der Waals surface area contributed by atoms with E-state index in [2.05, 4.69) is 5.32 Å². The van der Waals surface area contributed by atoms with Crippen LogP contribution in [-0.4, -0.2) is 49.4 Å². The summed E-state index contributed by atoms with van der Waals surface area (Å²) in [5.74, 6) is 0.0724. The Balaban J connectivity index is 1.88. The molecular formula is C20H31ClN3O2+. The minimum atomic E-state index is -0.0901. The largest absolute Gasteiger partial charge is 0.338 e. The first kappa shape index (κ1) is 20.7. The smallest absolute Gasteiger partial charge is 0.279 e. The summed E-state index contributed by atoms with van der Waals surface area (Å²) < 4.78 is 0. The van der Waals surface area contributed by atoms with E-state index < -0.39 is 0 Å². The molecule has 1 aromatic carbocycles. The van der Waals surface area contributed by atoms with Crippen LogP contribution in [0.1, 0.15) is 44.6 Å². The van der Waals surface area contributed by atoms with Crippen LogP contribution in [0.5, 0.6) is 0 Å². The van der Waals surface area contributed by atoms with Gasteiger partial charge in [-0.15, -0.1) is 0 Å². The molecule has 1 saturated heterocycles. The van der Waals surface area contributed by atoms with E-state index in [0.29, 0.717) is 11.6 Å². The maximum absolute atomic E-state index is 12.6. The van der Waals surface area contributed by atoms with Crippen molar-refractivity contribution in [3.8, 4) is 0 Å². The van der Waals surface area contributed by atoms with E-state index in [4.69, 9.17) is 11.6 Å². The van der Waals surface area contributed by atoms with Gasteiger partial charge in [-0.25, -0.2) is 0 Å². The number of amides is 2. The standard InChI is InChI=1S/C20H30ClN3O2/c1-3-23(15-20(26)24-11-7-5-4-6-8-12-24)14-19(25)22-18-13-17(21)10-9-16(18)2/h9-10,13H,3-8,11-12,14-15H2,1-2H3,(H,22,25)/p+1. The Kier molecular flexibility index (Phi) is 8.39. The molecule has 1 fully saturated rings. The summed E-state index contributed by atoms with van der Waals surface area (Å²) in [5.41, 5.74) is 1.70. The molecule has 0 bridgehead atoms. The number of anilines is 1. The number of nitrogens with zero attached hydrogens (tertiary/aromatic N) is 1. The quantitative estimate of drug-likeness (QED) is 0.795. The number of carbonyl (C=O) groups is 2. The van der Waals surface area contributed by atoms with Crippen molar-refractivity contribution >= 4 is 29.1 Å². The summed E-state index contributed by atoms with van der Waals surface area (Å²) >= 11 is 6.01. The highest BCUT2D eigenvalue weighted by Gasteiger charge is 2.22. The summed E-state index contributed by atoms with van der Waals surface area (Å²) in [6.07, 6.45) is 5.85. The number of hydrogen-bond donors (Lipinski definition) is 2. The normalized spacial score (nSPS) is 16.5. The zero-order chi connectivity index (χ0) is 18.9. The van der Waals surface area contributed by atoms with E-state index in [-0.39, 0.29) is 18.4 Å². The number of nitrogens with one attached hydrogen (secondary N) is 2. The molecule has 144 valence electrons. The molecule has 1 aliphatic heterocycles. The number of aryl methyl sites for hydroxylation is 1. The molecule has 5 nitrogen and oxygen atoms in total. The molecule has 0 spiro atoms. The summed E-state index contributed by atoms with van der Waals surface area (Å²) in [4.78, 5) is 28.0. The Morgan fingerprint density at radius 2 is 1.77 bits per heavy atom. The molecule has 0 radical (unpaired) electrons. The van der Waals surface area contributed by atoms with E-state index in [9.17, 15) is 9.59 Å². The Bertz CT molecular complexity index is 613. The van der Waals surface area contributed by atoms with Gasteiger partial charge in [-0.05, 0) is 44.4 Å². The molecule has 1 atom stereocenters. The van der Waals surface area contributed by atoms with Gasteiger partial charge in [0.15, 0.2) is 13.1 Å². The molecule has 0 aliphatic carbocycles. The van der Waals surface area contributed by atoms with Gasteiger partial charge in [0.25, 0.3) is 11.8 Å². The first-order chi connectivity index (χ1) is 12.5. The summed E-state index contributed by atoms with van der Waals surface area (Å²) in [7, 11) is 0. The molecule has 2 amide bonds. The van der Waals surface area contributed by atoms with Gasteiger partial charge < -0.3 is 15.1 Å². The molecule has 26 heavy (non-hydrogen) atoms. The number of likely N-dealkylation sites (N-methyl/N-ethyl adjacent to an activating group) is 1. The second-order valence-electron chi connectivity index (χ2n) is 7.11. The number of carbonyl (C=O) groups excluding carboxylic acids is 2. The highest BCUT2D eigenvalue weighted by atomic mass is 35.5. The lowest BCUT2D eigenvalue weighted by Gasteiger charge is -2.26. The zero-order valence-corrected chi connectivity index (χ0v) is 16.7. The Morgan fingerprint density at radius 3 is 2.42 bits per heavy atom. The number of benzene rings is 1. The molecule has 2 rings (SSSR count). The highest BCUT2D eigenvalue weighted by Crippen LogP contribution is 2.19. The maximum Gasteiger partial charge on any atom is 0.279 e. The first-order valence-corrected chi connectivity index (χ1v) is 10.0. The van der Waals surface area contributed by atoms with Crippen LogP contribution in [0.15, 0.2) is 18.2 Å².